The van der Waals surface area contributed by atoms with Gasteiger partial charge in [-0.05, 0) is 18.1 Å². The van der Waals surface area contributed by atoms with Gasteiger partial charge in [-0.1, -0.05) is 18.2 Å². The molecular formula is C13H16N4O2. The number of para-hydroxylation sites is 1. The molecule has 1 atom stereocenters. The first kappa shape index (κ1) is 13.1. The maximum absolute atomic E-state index is 11.7. The van der Waals surface area contributed by atoms with E-state index in [0.29, 0.717) is 6.42 Å². The number of hydrogen-bond acceptors (Lipinski definition) is 3. The maximum atomic E-state index is 11.7. The third kappa shape index (κ3) is 3.11. The highest BCUT2D eigenvalue weighted by molar-refractivity contribution is 5.88. The van der Waals surface area contributed by atoms with Crippen molar-refractivity contribution < 1.29 is 9.59 Å². The van der Waals surface area contributed by atoms with Gasteiger partial charge in [0.15, 0.2) is 0 Å². The molecule has 0 bridgehead atoms. The van der Waals surface area contributed by atoms with Gasteiger partial charge < -0.3 is 21.8 Å². The third-order valence-corrected chi connectivity index (χ3v) is 2.89. The summed E-state index contributed by atoms with van der Waals surface area (Å²) in [7, 11) is 0. The van der Waals surface area contributed by atoms with Gasteiger partial charge in [0.1, 0.15) is 0 Å². The lowest BCUT2D eigenvalue weighted by Gasteiger charge is -2.10. The van der Waals surface area contributed by atoms with Crippen LogP contribution in [0.25, 0.3) is 10.9 Å². The van der Waals surface area contributed by atoms with E-state index >= 15 is 0 Å². The number of nitrogens with one attached hydrogen (secondary N) is 2. The molecular weight excluding hydrogens is 244 g/mol. The number of aromatic nitrogens is 1. The Morgan fingerprint density at radius 3 is 2.79 bits per heavy atom. The molecule has 0 spiro atoms. The molecule has 2 rings (SSSR count). The van der Waals surface area contributed by atoms with Gasteiger partial charge in [0.2, 0.25) is 11.8 Å². The molecule has 0 aliphatic carbocycles. The zero-order chi connectivity index (χ0) is 13.8. The van der Waals surface area contributed by atoms with Crippen LogP contribution in [0.4, 0.5) is 0 Å². The number of fused-ring (bicyclic) bond motifs is 1. The van der Waals surface area contributed by atoms with E-state index in [2.05, 4.69) is 10.3 Å². The van der Waals surface area contributed by atoms with E-state index in [1.165, 1.54) is 0 Å². The Kier molecular flexibility index (Phi) is 3.82. The standard InChI is InChI=1S/C13H16N4O2/c14-10(13(19)17-7-12(15)18)5-8-6-16-11-4-2-1-3-9(8)11/h1-4,6,10,16H,5,7,14H2,(H2,15,18)(H,17,19)/t10-/m0/s1. The predicted molar refractivity (Wildman–Crippen MR) is 72.2 cm³/mol. The molecule has 0 unspecified atom stereocenters. The van der Waals surface area contributed by atoms with E-state index in [9.17, 15) is 9.59 Å². The van der Waals surface area contributed by atoms with Crippen LogP contribution < -0.4 is 16.8 Å². The molecule has 6 nitrogen and oxygen atoms in total. The zero-order valence-electron chi connectivity index (χ0n) is 10.3. The summed E-state index contributed by atoms with van der Waals surface area (Å²) in [6, 6.07) is 7.08. The number of carbonyl (C=O) groups is 2. The highest BCUT2D eigenvalue weighted by Gasteiger charge is 2.16. The maximum Gasteiger partial charge on any atom is 0.237 e. The van der Waals surface area contributed by atoms with Crippen molar-refractivity contribution in [3.8, 4) is 0 Å². The Morgan fingerprint density at radius 1 is 1.32 bits per heavy atom. The summed E-state index contributed by atoms with van der Waals surface area (Å²) in [6.45, 7) is -0.194. The minimum absolute atomic E-state index is 0.194. The molecule has 0 aliphatic rings. The molecule has 6 heteroatoms. The quantitative estimate of drug-likeness (QED) is 0.588. The minimum Gasteiger partial charge on any atom is -0.368 e. The van der Waals surface area contributed by atoms with Crippen molar-refractivity contribution in [2.45, 2.75) is 12.5 Å². The van der Waals surface area contributed by atoms with Crippen LogP contribution in [-0.2, 0) is 16.0 Å². The first-order chi connectivity index (χ1) is 9.08. The first-order valence-electron chi connectivity index (χ1n) is 5.94. The van der Waals surface area contributed by atoms with Crippen LogP contribution in [0.5, 0.6) is 0 Å². The van der Waals surface area contributed by atoms with Crippen LogP contribution in [-0.4, -0.2) is 29.4 Å². The Morgan fingerprint density at radius 2 is 2.05 bits per heavy atom. The van der Waals surface area contributed by atoms with Gasteiger partial charge >= 0.3 is 0 Å². The van der Waals surface area contributed by atoms with Gasteiger partial charge in [-0.15, -0.1) is 0 Å². The van der Waals surface area contributed by atoms with Crippen molar-refractivity contribution in [1.82, 2.24) is 10.3 Å². The van der Waals surface area contributed by atoms with E-state index in [1.807, 2.05) is 30.5 Å². The van der Waals surface area contributed by atoms with E-state index in [1.54, 1.807) is 0 Å². The van der Waals surface area contributed by atoms with Crippen LogP contribution in [0.2, 0.25) is 0 Å². The molecule has 1 aromatic carbocycles. The number of amides is 2. The van der Waals surface area contributed by atoms with Gasteiger partial charge in [0.05, 0.1) is 12.6 Å². The number of aromatic amines is 1. The Balaban J connectivity index is 2.04. The second kappa shape index (κ2) is 5.53. The largest absolute Gasteiger partial charge is 0.368 e. The van der Waals surface area contributed by atoms with Crippen LogP contribution in [0.15, 0.2) is 30.5 Å². The second-order valence-electron chi connectivity index (χ2n) is 4.35. The van der Waals surface area contributed by atoms with Crippen molar-refractivity contribution in [3.05, 3.63) is 36.0 Å². The molecule has 6 N–H and O–H groups in total. The fourth-order valence-electron chi connectivity index (χ4n) is 1.94. The fraction of sp³-hybridized carbons (Fsp3) is 0.231. The van der Waals surface area contributed by atoms with E-state index in [4.69, 9.17) is 11.5 Å². The molecule has 0 radical (unpaired) electrons. The second-order valence-corrected chi connectivity index (χ2v) is 4.35. The molecule has 0 saturated carbocycles. The molecule has 0 fully saturated rings. The summed E-state index contributed by atoms with van der Waals surface area (Å²) in [6.07, 6.45) is 2.24. The van der Waals surface area contributed by atoms with Gasteiger partial charge in [-0.3, -0.25) is 9.59 Å². The average Bonchev–Trinajstić information content (AvgIpc) is 2.79. The molecule has 2 aromatic rings. The summed E-state index contributed by atoms with van der Waals surface area (Å²) < 4.78 is 0. The van der Waals surface area contributed by atoms with Crippen molar-refractivity contribution in [1.29, 1.82) is 0 Å². The molecule has 1 aromatic heterocycles. The topological polar surface area (TPSA) is 114 Å². The van der Waals surface area contributed by atoms with Crippen molar-refractivity contribution in [2.75, 3.05) is 6.54 Å². The Bertz CT molecular complexity index is 605. The predicted octanol–water partition coefficient (Wildman–Crippen LogP) is -0.361. The Labute approximate surface area is 110 Å². The van der Waals surface area contributed by atoms with Crippen LogP contribution in [0.1, 0.15) is 5.56 Å². The minimum atomic E-state index is -0.710. The first-order valence-corrected chi connectivity index (χ1v) is 5.94. The van der Waals surface area contributed by atoms with E-state index < -0.39 is 11.9 Å². The summed E-state index contributed by atoms with van der Waals surface area (Å²) in [4.78, 5) is 25.4. The average molecular weight is 260 g/mol. The molecule has 2 amide bonds. The number of H-pyrrole nitrogens is 1. The number of carbonyl (C=O) groups excluding carboxylic acids is 2. The monoisotopic (exact) mass is 260 g/mol. The van der Waals surface area contributed by atoms with Crippen LogP contribution >= 0.6 is 0 Å². The highest BCUT2D eigenvalue weighted by Crippen LogP contribution is 2.18. The lowest BCUT2D eigenvalue weighted by atomic mass is 10.1. The molecule has 0 aliphatic heterocycles. The lowest BCUT2D eigenvalue weighted by Crippen LogP contribution is -2.44. The van der Waals surface area contributed by atoms with Crippen LogP contribution in [0, 0.1) is 0 Å². The number of benzene rings is 1. The molecule has 19 heavy (non-hydrogen) atoms. The van der Waals surface area contributed by atoms with Crippen molar-refractivity contribution >= 4 is 22.7 Å². The normalized spacial score (nSPS) is 12.3. The SMILES string of the molecule is NC(=O)CNC(=O)[C@@H](N)Cc1c[nH]c2ccccc12. The summed E-state index contributed by atoms with van der Waals surface area (Å²) >= 11 is 0. The smallest absolute Gasteiger partial charge is 0.237 e. The number of primary amides is 1. The summed E-state index contributed by atoms with van der Waals surface area (Å²) in [5.74, 6) is -0.975. The van der Waals surface area contributed by atoms with Gasteiger partial charge in [0, 0.05) is 17.1 Å². The van der Waals surface area contributed by atoms with Crippen molar-refractivity contribution in [2.24, 2.45) is 11.5 Å². The molecule has 100 valence electrons. The van der Waals surface area contributed by atoms with Crippen molar-refractivity contribution in [3.63, 3.8) is 0 Å². The zero-order valence-corrected chi connectivity index (χ0v) is 10.3. The number of rotatable bonds is 5. The fourth-order valence-corrected chi connectivity index (χ4v) is 1.94. The van der Waals surface area contributed by atoms with Gasteiger partial charge in [-0.2, -0.15) is 0 Å². The third-order valence-electron chi connectivity index (χ3n) is 2.89. The van der Waals surface area contributed by atoms with Gasteiger partial charge in [0.25, 0.3) is 0 Å². The molecule has 1 heterocycles. The van der Waals surface area contributed by atoms with Gasteiger partial charge in [-0.25, -0.2) is 0 Å². The number of hydrogen-bond donors (Lipinski definition) is 4. The number of nitrogens with two attached hydrogens (primary N) is 2. The van der Waals surface area contributed by atoms with E-state index in [-0.39, 0.29) is 12.5 Å². The summed E-state index contributed by atoms with van der Waals surface area (Å²) in [5.41, 5.74) is 12.7. The lowest BCUT2D eigenvalue weighted by molar-refractivity contribution is -0.125. The summed E-state index contributed by atoms with van der Waals surface area (Å²) in [5, 5.41) is 3.44. The highest BCUT2D eigenvalue weighted by atomic mass is 16.2. The van der Waals surface area contributed by atoms with Crippen LogP contribution in [0.3, 0.4) is 0 Å². The molecule has 0 saturated heterocycles. The Hall–Kier alpha value is -2.34. The van der Waals surface area contributed by atoms with E-state index in [0.717, 1.165) is 16.5 Å².